The van der Waals surface area contributed by atoms with Crippen molar-refractivity contribution in [3.05, 3.63) is 46.8 Å². The molecule has 0 spiro atoms. The van der Waals surface area contributed by atoms with Crippen LogP contribution in [0.5, 0.6) is 0 Å². The highest BCUT2D eigenvalue weighted by Crippen LogP contribution is 2.58. The molecule has 4 atom stereocenters. The van der Waals surface area contributed by atoms with Crippen LogP contribution in [-0.2, 0) is 0 Å². The van der Waals surface area contributed by atoms with Gasteiger partial charge in [0.2, 0.25) is 0 Å². The summed E-state index contributed by atoms with van der Waals surface area (Å²) in [6.45, 7) is 3.53. The first-order valence-corrected chi connectivity index (χ1v) is 10.8. The SMILES string of the molecule is CC1(CC2CC[C@H]3C4=C2CC=C2C=CCCC2N4C2=CC=NC[C@@H]23)CC1. The summed E-state index contributed by atoms with van der Waals surface area (Å²) in [7, 11) is 0. The maximum Gasteiger partial charge on any atom is 0.0585 e. The van der Waals surface area contributed by atoms with Gasteiger partial charge in [0, 0.05) is 36.0 Å². The Hall–Kier alpha value is -1.57. The number of hydrogen-bond donors (Lipinski definition) is 0. The highest BCUT2D eigenvalue weighted by atomic mass is 15.2. The zero-order chi connectivity index (χ0) is 17.3. The van der Waals surface area contributed by atoms with E-state index in [1.54, 1.807) is 22.5 Å². The fourth-order valence-corrected chi connectivity index (χ4v) is 6.43. The second-order valence-electron chi connectivity index (χ2n) is 9.79. The quantitative estimate of drug-likeness (QED) is 0.653. The molecule has 0 N–H and O–H groups in total. The first-order valence-electron chi connectivity index (χ1n) is 10.8. The van der Waals surface area contributed by atoms with E-state index in [2.05, 4.69) is 47.3 Å². The summed E-state index contributed by atoms with van der Waals surface area (Å²) in [5, 5.41) is 0. The van der Waals surface area contributed by atoms with Crippen molar-refractivity contribution in [1.82, 2.24) is 4.90 Å². The molecule has 1 saturated heterocycles. The molecule has 2 nitrogen and oxygen atoms in total. The lowest BCUT2D eigenvalue weighted by Gasteiger charge is -2.38. The minimum atomic E-state index is 0.577. The Morgan fingerprint density at radius 1 is 1.19 bits per heavy atom. The van der Waals surface area contributed by atoms with Gasteiger partial charge in [0.05, 0.1) is 6.04 Å². The van der Waals surface area contributed by atoms with E-state index in [9.17, 15) is 0 Å². The monoisotopic (exact) mass is 346 g/mol. The van der Waals surface area contributed by atoms with Gasteiger partial charge in [-0.05, 0) is 79.9 Å². The topological polar surface area (TPSA) is 15.6 Å². The van der Waals surface area contributed by atoms with Gasteiger partial charge >= 0.3 is 0 Å². The molecule has 0 radical (unpaired) electrons. The summed E-state index contributed by atoms with van der Waals surface area (Å²) in [5.41, 5.74) is 7.36. The molecule has 1 saturated carbocycles. The minimum absolute atomic E-state index is 0.577. The Balaban J connectivity index is 1.49. The molecule has 0 aromatic rings. The third-order valence-corrected chi connectivity index (χ3v) is 8.07. The molecule has 0 bridgehead atoms. The summed E-state index contributed by atoms with van der Waals surface area (Å²) in [6.07, 6.45) is 22.6. The van der Waals surface area contributed by atoms with E-state index >= 15 is 0 Å². The standard InChI is InChI=1S/C24H30N2/c1-24(11-12-24)14-17-7-9-19-20-15-25-13-10-22(20)26-21-5-3-2-4-16(21)6-8-18(17)23(19)26/h2,4,6,10,13,17,19-21H,3,5,7-9,11-12,14-15H2,1H3/t17?,19-,20-,21?/m1/s1. The highest BCUT2D eigenvalue weighted by molar-refractivity contribution is 5.74. The van der Waals surface area contributed by atoms with Crippen LogP contribution in [0.4, 0.5) is 0 Å². The molecule has 3 aliphatic carbocycles. The molecule has 2 fully saturated rings. The molecule has 136 valence electrons. The molecule has 6 aliphatic rings. The predicted molar refractivity (Wildman–Crippen MR) is 107 cm³/mol. The van der Waals surface area contributed by atoms with E-state index in [0.717, 1.165) is 18.4 Å². The summed E-state index contributed by atoms with van der Waals surface area (Å²) in [5.74, 6) is 2.20. The van der Waals surface area contributed by atoms with Crippen molar-refractivity contribution in [2.75, 3.05) is 6.54 Å². The van der Waals surface area contributed by atoms with Crippen molar-refractivity contribution in [3.63, 3.8) is 0 Å². The van der Waals surface area contributed by atoms with Crippen LogP contribution >= 0.6 is 0 Å². The molecular weight excluding hydrogens is 316 g/mol. The fraction of sp³-hybridized carbons (Fsp3) is 0.625. The van der Waals surface area contributed by atoms with E-state index < -0.39 is 0 Å². The second-order valence-corrected chi connectivity index (χ2v) is 9.79. The lowest BCUT2D eigenvalue weighted by atomic mass is 9.72. The van der Waals surface area contributed by atoms with Gasteiger partial charge in [0.15, 0.2) is 0 Å². The van der Waals surface area contributed by atoms with Gasteiger partial charge in [-0.3, -0.25) is 4.99 Å². The molecule has 2 unspecified atom stereocenters. The lowest BCUT2D eigenvalue weighted by Crippen LogP contribution is -2.35. The smallest absolute Gasteiger partial charge is 0.0585 e. The van der Waals surface area contributed by atoms with Gasteiger partial charge in [-0.2, -0.15) is 0 Å². The Bertz CT molecular complexity index is 789. The van der Waals surface area contributed by atoms with Gasteiger partial charge in [-0.15, -0.1) is 0 Å². The van der Waals surface area contributed by atoms with Gasteiger partial charge < -0.3 is 4.90 Å². The first kappa shape index (κ1) is 15.5. The normalized spacial score (nSPS) is 38.9. The van der Waals surface area contributed by atoms with Gasteiger partial charge in [-0.1, -0.05) is 25.2 Å². The Kier molecular flexibility index (Phi) is 3.26. The molecule has 0 amide bonds. The fourth-order valence-electron chi connectivity index (χ4n) is 6.43. The molecular formula is C24H30N2. The number of allylic oxidation sites excluding steroid dienone is 5. The summed E-state index contributed by atoms with van der Waals surface area (Å²) >= 11 is 0. The summed E-state index contributed by atoms with van der Waals surface area (Å²) in [6, 6.07) is 0.577. The van der Waals surface area contributed by atoms with Crippen LogP contribution < -0.4 is 0 Å². The predicted octanol–water partition coefficient (Wildman–Crippen LogP) is 5.41. The van der Waals surface area contributed by atoms with E-state index in [0.29, 0.717) is 17.4 Å². The minimum Gasteiger partial charge on any atom is -0.341 e. The van der Waals surface area contributed by atoms with Crippen LogP contribution in [0, 0.1) is 23.2 Å². The van der Waals surface area contributed by atoms with Crippen molar-refractivity contribution in [3.8, 4) is 0 Å². The number of nitrogens with zero attached hydrogens (tertiary/aromatic N) is 2. The zero-order valence-corrected chi connectivity index (χ0v) is 16.0. The van der Waals surface area contributed by atoms with Crippen LogP contribution in [0.1, 0.15) is 58.3 Å². The van der Waals surface area contributed by atoms with Crippen LogP contribution in [0.3, 0.4) is 0 Å². The largest absolute Gasteiger partial charge is 0.341 e. The zero-order valence-electron chi connectivity index (χ0n) is 16.0. The highest BCUT2D eigenvalue weighted by Gasteiger charge is 2.50. The Morgan fingerprint density at radius 3 is 3.00 bits per heavy atom. The molecule has 6 rings (SSSR count). The second kappa shape index (κ2) is 5.47. The lowest BCUT2D eigenvalue weighted by molar-refractivity contribution is 0.293. The van der Waals surface area contributed by atoms with Crippen molar-refractivity contribution < 1.29 is 0 Å². The van der Waals surface area contributed by atoms with E-state index in [4.69, 9.17) is 0 Å². The van der Waals surface area contributed by atoms with Crippen LogP contribution in [0.2, 0.25) is 0 Å². The van der Waals surface area contributed by atoms with Crippen molar-refractivity contribution in [2.24, 2.45) is 28.2 Å². The Morgan fingerprint density at radius 2 is 2.12 bits per heavy atom. The summed E-state index contributed by atoms with van der Waals surface area (Å²) < 4.78 is 0. The van der Waals surface area contributed by atoms with E-state index in [1.165, 1.54) is 51.4 Å². The van der Waals surface area contributed by atoms with Crippen molar-refractivity contribution in [2.45, 2.75) is 64.3 Å². The maximum absolute atomic E-state index is 4.66. The average Bonchev–Trinajstić information content (AvgIpc) is 3.34. The van der Waals surface area contributed by atoms with Crippen LogP contribution in [0.15, 0.2) is 51.8 Å². The average molecular weight is 347 g/mol. The molecule has 3 aliphatic heterocycles. The number of dihydropyridines is 1. The molecule has 26 heavy (non-hydrogen) atoms. The maximum atomic E-state index is 4.66. The van der Waals surface area contributed by atoms with E-state index in [-0.39, 0.29) is 0 Å². The molecule has 0 aromatic heterocycles. The third kappa shape index (κ3) is 2.20. The first-order chi connectivity index (χ1) is 12.7. The molecule has 0 aromatic carbocycles. The molecule has 3 heterocycles. The van der Waals surface area contributed by atoms with Crippen LogP contribution in [-0.4, -0.2) is 23.7 Å². The van der Waals surface area contributed by atoms with Crippen molar-refractivity contribution in [1.29, 1.82) is 0 Å². The molecule has 2 heteroatoms. The van der Waals surface area contributed by atoms with Gasteiger partial charge in [-0.25, -0.2) is 0 Å². The van der Waals surface area contributed by atoms with Crippen molar-refractivity contribution >= 4 is 6.21 Å². The third-order valence-electron chi connectivity index (χ3n) is 8.07. The number of rotatable bonds is 2. The number of fused-ring (bicyclic) bond motifs is 5. The number of hydrogen-bond acceptors (Lipinski definition) is 2. The Labute approximate surface area is 157 Å². The van der Waals surface area contributed by atoms with E-state index in [1.807, 2.05) is 0 Å². The van der Waals surface area contributed by atoms with Gasteiger partial charge in [0.25, 0.3) is 0 Å². The number of aliphatic imine (C=N–C) groups is 1. The van der Waals surface area contributed by atoms with Crippen LogP contribution in [0.25, 0.3) is 0 Å². The summed E-state index contributed by atoms with van der Waals surface area (Å²) in [4.78, 5) is 7.48. The van der Waals surface area contributed by atoms with Gasteiger partial charge in [0.1, 0.15) is 0 Å².